The Kier molecular flexibility index (Phi) is 5.02. The van der Waals surface area contributed by atoms with Crippen molar-refractivity contribution in [1.29, 1.82) is 0 Å². The van der Waals surface area contributed by atoms with Crippen molar-refractivity contribution >= 4 is 40.0 Å². The maximum atomic E-state index is 12.5. The van der Waals surface area contributed by atoms with Gasteiger partial charge in [-0.05, 0) is 19.4 Å². The number of carbonyl (C=O) groups excluding carboxylic acids is 1. The van der Waals surface area contributed by atoms with Gasteiger partial charge in [0, 0.05) is 36.4 Å². The second-order valence-electron chi connectivity index (χ2n) is 7.10. The smallest absolute Gasteiger partial charge is 0.258 e. The van der Waals surface area contributed by atoms with Gasteiger partial charge in [0.2, 0.25) is 5.56 Å². The SMILES string of the molecule is CC1CC2CSC(N)=NC2(c2nc(NC(=O)c3ccc(=O)n(C)c3)cs2)CO1. The van der Waals surface area contributed by atoms with E-state index in [9.17, 15) is 9.59 Å². The van der Waals surface area contributed by atoms with Crippen LogP contribution in [0.5, 0.6) is 0 Å². The quantitative estimate of drug-likeness (QED) is 0.784. The highest BCUT2D eigenvalue weighted by atomic mass is 32.2. The molecule has 4 rings (SSSR count). The fourth-order valence-electron chi connectivity index (χ4n) is 3.53. The van der Waals surface area contributed by atoms with E-state index < -0.39 is 5.54 Å². The Labute approximate surface area is 170 Å². The van der Waals surface area contributed by atoms with Crippen molar-refractivity contribution in [3.05, 3.63) is 44.6 Å². The molecule has 3 N–H and O–H groups in total. The third kappa shape index (κ3) is 3.47. The van der Waals surface area contributed by atoms with E-state index in [-0.39, 0.29) is 23.5 Å². The number of anilines is 1. The summed E-state index contributed by atoms with van der Waals surface area (Å²) in [5, 5.41) is 5.93. The largest absolute Gasteiger partial charge is 0.379 e. The number of thiazole rings is 1. The van der Waals surface area contributed by atoms with Crippen molar-refractivity contribution in [2.45, 2.75) is 25.0 Å². The summed E-state index contributed by atoms with van der Waals surface area (Å²) < 4.78 is 7.28. The van der Waals surface area contributed by atoms with Gasteiger partial charge in [-0.25, -0.2) is 9.98 Å². The number of hydrogen-bond acceptors (Lipinski definition) is 8. The minimum atomic E-state index is -0.591. The van der Waals surface area contributed by atoms with Gasteiger partial charge >= 0.3 is 0 Å². The van der Waals surface area contributed by atoms with E-state index in [1.54, 1.807) is 24.2 Å². The molecule has 3 atom stereocenters. The standard InChI is InChI=1S/C18H21N5O3S2/c1-10-5-12-7-28-17(19)22-18(12,9-26-10)16-21-13(8-27-16)20-15(25)11-3-4-14(24)23(2)6-11/h3-4,6,8,10,12H,5,7,9H2,1-2H3,(H2,19,22)(H,20,25). The number of fused-ring (bicyclic) bond motifs is 1. The summed E-state index contributed by atoms with van der Waals surface area (Å²) in [6, 6.07) is 2.86. The van der Waals surface area contributed by atoms with Crippen LogP contribution < -0.4 is 16.6 Å². The third-order valence-electron chi connectivity index (χ3n) is 5.09. The molecular formula is C18H21N5O3S2. The highest BCUT2D eigenvalue weighted by Gasteiger charge is 2.49. The van der Waals surface area contributed by atoms with Crippen molar-refractivity contribution in [3.63, 3.8) is 0 Å². The Balaban J connectivity index is 1.59. The fraction of sp³-hybridized carbons (Fsp3) is 0.444. The molecule has 4 heterocycles. The van der Waals surface area contributed by atoms with Gasteiger partial charge in [-0.15, -0.1) is 11.3 Å². The summed E-state index contributed by atoms with van der Waals surface area (Å²) in [5.74, 6) is 1.30. The van der Waals surface area contributed by atoms with E-state index in [0.717, 1.165) is 17.2 Å². The number of amidine groups is 1. The topological polar surface area (TPSA) is 112 Å². The van der Waals surface area contributed by atoms with E-state index >= 15 is 0 Å². The first-order valence-corrected chi connectivity index (χ1v) is 10.8. The number of aryl methyl sites for hydroxylation is 1. The number of thioether (sulfide) groups is 1. The number of rotatable bonds is 3. The van der Waals surface area contributed by atoms with Crippen LogP contribution in [0.3, 0.4) is 0 Å². The number of hydrogen-bond donors (Lipinski definition) is 2. The number of ether oxygens (including phenoxy) is 1. The van der Waals surface area contributed by atoms with Crippen LogP contribution in [0.2, 0.25) is 0 Å². The van der Waals surface area contributed by atoms with E-state index in [0.29, 0.717) is 23.2 Å². The minimum Gasteiger partial charge on any atom is -0.379 e. The Morgan fingerprint density at radius 2 is 2.29 bits per heavy atom. The number of nitrogens with zero attached hydrogens (tertiary/aromatic N) is 3. The molecule has 0 aromatic carbocycles. The Morgan fingerprint density at radius 1 is 1.46 bits per heavy atom. The lowest BCUT2D eigenvalue weighted by atomic mass is 9.80. The average molecular weight is 420 g/mol. The molecule has 28 heavy (non-hydrogen) atoms. The van der Waals surface area contributed by atoms with Crippen molar-refractivity contribution in [2.75, 3.05) is 17.7 Å². The third-order valence-corrected chi connectivity index (χ3v) is 7.05. The summed E-state index contributed by atoms with van der Waals surface area (Å²) in [4.78, 5) is 33.4. The lowest BCUT2D eigenvalue weighted by molar-refractivity contribution is -0.0466. The molecule has 2 aliphatic heterocycles. The van der Waals surface area contributed by atoms with Crippen molar-refractivity contribution in [3.8, 4) is 0 Å². The first-order chi connectivity index (χ1) is 13.4. The molecule has 1 saturated heterocycles. The lowest BCUT2D eigenvalue weighted by Gasteiger charge is -2.44. The average Bonchev–Trinajstić information content (AvgIpc) is 3.13. The summed E-state index contributed by atoms with van der Waals surface area (Å²) in [6.07, 6.45) is 2.57. The maximum Gasteiger partial charge on any atom is 0.258 e. The summed E-state index contributed by atoms with van der Waals surface area (Å²) in [5.41, 5.74) is 5.65. The Morgan fingerprint density at radius 3 is 3.07 bits per heavy atom. The van der Waals surface area contributed by atoms with Gasteiger partial charge in [0.1, 0.15) is 16.4 Å². The zero-order valence-corrected chi connectivity index (χ0v) is 17.2. The normalized spacial score (nSPS) is 27.0. The Bertz CT molecular complexity index is 1000. The highest BCUT2D eigenvalue weighted by Crippen LogP contribution is 2.46. The van der Waals surface area contributed by atoms with Crippen LogP contribution in [-0.2, 0) is 17.3 Å². The fourth-order valence-corrected chi connectivity index (χ4v) is 5.50. The molecule has 2 aromatic rings. The van der Waals surface area contributed by atoms with Gasteiger partial charge in [0.15, 0.2) is 5.17 Å². The molecule has 8 nitrogen and oxygen atoms in total. The molecule has 148 valence electrons. The predicted molar refractivity (Wildman–Crippen MR) is 111 cm³/mol. The maximum absolute atomic E-state index is 12.5. The minimum absolute atomic E-state index is 0.171. The van der Waals surface area contributed by atoms with Crippen LogP contribution in [0.1, 0.15) is 28.7 Å². The summed E-state index contributed by atoms with van der Waals surface area (Å²) in [7, 11) is 1.60. The molecule has 1 amide bonds. The number of pyridine rings is 1. The molecule has 0 aliphatic carbocycles. The van der Waals surface area contributed by atoms with Crippen LogP contribution in [0.4, 0.5) is 5.82 Å². The van der Waals surface area contributed by atoms with Gasteiger partial charge in [0.25, 0.3) is 5.91 Å². The van der Waals surface area contributed by atoms with Crippen LogP contribution in [0, 0.1) is 5.92 Å². The molecule has 3 unspecified atom stereocenters. The van der Waals surface area contributed by atoms with E-state index in [2.05, 4.69) is 17.2 Å². The molecule has 1 fully saturated rings. The highest BCUT2D eigenvalue weighted by molar-refractivity contribution is 8.13. The van der Waals surface area contributed by atoms with Crippen LogP contribution in [0.15, 0.2) is 33.5 Å². The van der Waals surface area contributed by atoms with E-state index in [1.807, 2.05) is 0 Å². The molecule has 0 bridgehead atoms. The van der Waals surface area contributed by atoms with Crippen molar-refractivity contribution < 1.29 is 9.53 Å². The van der Waals surface area contributed by atoms with Crippen molar-refractivity contribution in [2.24, 2.45) is 23.7 Å². The lowest BCUT2D eigenvalue weighted by Crippen LogP contribution is -2.49. The second-order valence-corrected chi connectivity index (χ2v) is 9.00. The monoisotopic (exact) mass is 419 g/mol. The number of amides is 1. The van der Waals surface area contributed by atoms with Crippen LogP contribution in [-0.4, -0.2) is 39.1 Å². The number of aromatic nitrogens is 2. The zero-order chi connectivity index (χ0) is 19.9. The van der Waals surface area contributed by atoms with Gasteiger partial charge in [-0.1, -0.05) is 11.8 Å². The zero-order valence-electron chi connectivity index (χ0n) is 15.5. The van der Waals surface area contributed by atoms with Crippen LogP contribution in [0.25, 0.3) is 0 Å². The molecule has 0 radical (unpaired) electrons. The first kappa shape index (κ1) is 19.2. The van der Waals surface area contributed by atoms with E-state index in [4.69, 9.17) is 15.5 Å². The number of nitrogens with two attached hydrogens (primary N) is 1. The molecule has 2 aliphatic rings. The van der Waals surface area contributed by atoms with Crippen LogP contribution >= 0.6 is 23.1 Å². The summed E-state index contributed by atoms with van der Waals surface area (Å²) >= 11 is 3.01. The number of aliphatic imine (C=N–C) groups is 1. The molecule has 0 saturated carbocycles. The van der Waals surface area contributed by atoms with Gasteiger partial charge < -0.3 is 20.4 Å². The second kappa shape index (κ2) is 7.34. The predicted octanol–water partition coefficient (Wildman–Crippen LogP) is 1.78. The number of nitrogens with one attached hydrogen (secondary N) is 1. The first-order valence-electron chi connectivity index (χ1n) is 8.91. The molecule has 0 spiro atoms. The molecular weight excluding hydrogens is 398 g/mol. The van der Waals surface area contributed by atoms with E-state index in [1.165, 1.54) is 34.2 Å². The molecule has 2 aromatic heterocycles. The van der Waals surface area contributed by atoms with Gasteiger partial charge in [-0.3, -0.25) is 9.59 Å². The summed E-state index contributed by atoms with van der Waals surface area (Å²) in [6.45, 7) is 2.50. The van der Waals surface area contributed by atoms with Gasteiger partial charge in [-0.2, -0.15) is 0 Å². The van der Waals surface area contributed by atoms with Crippen molar-refractivity contribution in [1.82, 2.24) is 9.55 Å². The van der Waals surface area contributed by atoms with Gasteiger partial charge in [0.05, 0.1) is 18.3 Å². The Hall–Kier alpha value is -2.17. The molecule has 10 heteroatoms. The number of carbonyl (C=O) groups is 1.